The summed E-state index contributed by atoms with van der Waals surface area (Å²) in [6.45, 7) is -0.364. The van der Waals surface area contributed by atoms with Crippen LogP contribution in [0, 0.1) is 5.82 Å². The summed E-state index contributed by atoms with van der Waals surface area (Å²) in [5.74, 6) is -0.587. The van der Waals surface area contributed by atoms with E-state index in [2.05, 4.69) is 10.0 Å². The number of amides is 1. The Labute approximate surface area is 171 Å². The molecule has 162 valence electrons. The highest BCUT2D eigenvalue weighted by atomic mass is 32.2. The van der Waals surface area contributed by atoms with Gasteiger partial charge in [0, 0.05) is 6.04 Å². The third kappa shape index (κ3) is 6.21. The summed E-state index contributed by atoms with van der Waals surface area (Å²) < 4.78 is 46.4. The van der Waals surface area contributed by atoms with Gasteiger partial charge in [-0.05, 0) is 49.9 Å². The normalized spacial score (nSPS) is 26.2. The molecular formula is C20H29FN2O5S. The Balaban J connectivity index is 1.53. The van der Waals surface area contributed by atoms with Crippen LogP contribution in [0.4, 0.5) is 4.39 Å². The van der Waals surface area contributed by atoms with Gasteiger partial charge in [0.2, 0.25) is 15.9 Å². The Hall–Kier alpha value is -1.55. The molecule has 9 heteroatoms. The molecule has 0 spiro atoms. The minimum Gasteiger partial charge on any atom is -0.394 e. The van der Waals surface area contributed by atoms with Crippen LogP contribution in [0.3, 0.4) is 0 Å². The molecule has 0 radical (unpaired) electrons. The number of aliphatic hydroxyl groups excluding tert-OH is 1. The molecule has 7 nitrogen and oxygen atoms in total. The van der Waals surface area contributed by atoms with E-state index in [1.54, 1.807) is 0 Å². The van der Waals surface area contributed by atoms with Gasteiger partial charge in [0.05, 0.1) is 36.2 Å². The van der Waals surface area contributed by atoms with Gasteiger partial charge in [0.15, 0.2) is 0 Å². The van der Waals surface area contributed by atoms with Crippen molar-refractivity contribution in [2.45, 2.75) is 80.6 Å². The lowest BCUT2D eigenvalue weighted by Gasteiger charge is -2.36. The number of nitrogens with one attached hydrogen (secondary N) is 2. The first-order valence-electron chi connectivity index (χ1n) is 10.2. The van der Waals surface area contributed by atoms with Gasteiger partial charge < -0.3 is 15.2 Å². The van der Waals surface area contributed by atoms with Gasteiger partial charge in [0.1, 0.15) is 5.82 Å². The molecule has 0 unspecified atom stereocenters. The number of benzene rings is 1. The molecule has 3 rings (SSSR count). The van der Waals surface area contributed by atoms with Crippen LogP contribution in [0.2, 0.25) is 0 Å². The Morgan fingerprint density at radius 2 is 1.79 bits per heavy atom. The minimum atomic E-state index is -3.87. The smallest absolute Gasteiger partial charge is 0.240 e. The number of halogens is 1. The third-order valence-electron chi connectivity index (χ3n) is 5.61. The molecule has 2 aliphatic rings. The molecule has 1 aliphatic heterocycles. The van der Waals surface area contributed by atoms with Crippen LogP contribution in [0.25, 0.3) is 0 Å². The minimum absolute atomic E-state index is 0.0513. The largest absolute Gasteiger partial charge is 0.394 e. The number of aliphatic hydroxyl groups is 1. The summed E-state index contributed by atoms with van der Waals surface area (Å²) in [4.78, 5) is 12.3. The van der Waals surface area contributed by atoms with Crippen molar-refractivity contribution in [1.29, 1.82) is 0 Å². The fourth-order valence-electron chi connectivity index (χ4n) is 4.04. The Bertz CT molecular complexity index is 781. The standard InChI is InChI=1S/C20H29FN2O5S/c21-14-6-9-17(10-7-14)29(26,27)23-18-11-8-16(28-19(18)13-24)12-20(25)22-15-4-2-1-3-5-15/h6-7,9-10,15-16,18-19,23-24H,1-5,8,11-13H2,(H,22,25)/t16-,18+,19+/m1/s1. The molecular weight excluding hydrogens is 399 g/mol. The number of hydrogen-bond acceptors (Lipinski definition) is 5. The number of sulfonamides is 1. The summed E-state index contributed by atoms with van der Waals surface area (Å²) in [5.41, 5.74) is 0. The van der Waals surface area contributed by atoms with E-state index in [1.807, 2.05) is 0 Å². The molecule has 0 bridgehead atoms. The van der Waals surface area contributed by atoms with Crippen LogP contribution in [-0.2, 0) is 19.6 Å². The predicted octanol–water partition coefficient (Wildman–Crippen LogP) is 1.85. The van der Waals surface area contributed by atoms with E-state index in [9.17, 15) is 22.7 Å². The van der Waals surface area contributed by atoms with Crippen LogP contribution < -0.4 is 10.0 Å². The summed E-state index contributed by atoms with van der Waals surface area (Å²) >= 11 is 0. The van der Waals surface area contributed by atoms with E-state index in [-0.39, 0.29) is 36.0 Å². The molecule has 1 saturated heterocycles. The molecule has 0 aromatic heterocycles. The summed E-state index contributed by atoms with van der Waals surface area (Å²) in [5, 5.41) is 12.7. The second kappa shape index (κ2) is 9.97. The van der Waals surface area contributed by atoms with Crippen molar-refractivity contribution in [3.63, 3.8) is 0 Å². The maximum Gasteiger partial charge on any atom is 0.240 e. The number of ether oxygens (including phenoxy) is 1. The zero-order chi connectivity index (χ0) is 20.9. The fourth-order valence-corrected chi connectivity index (χ4v) is 5.34. The van der Waals surface area contributed by atoms with Crippen molar-refractivity contribution in [3.05, 3.63) is 30.1 Å². The fraction of sp³-hybridized carbons (Fsp3) is 0.650. The highest BCUT2D eigenvalue weighted by molar-refractivity contribution is 7.89. The van der Waals surface area contributed by atoms with E-state index in [4.69, 9.17) is 4.74 Å². The van der Waals surface area contributed by atoms with Crippen molar-refractivity contribution in [2.75, 3.05) is 6.61 Å². The second-order valence-electron chi connectivity index (χ2n) is 7.84. The zero-order valence-electron chi connectivity index (χ0n) is 16.3. The van der Waals surface area contributed by atoms with Crippen LogP contribution in [0.15, 0.2) is 29.2 Å². The van der Waals surface area contributed by atoms with Crippen molar-refractivity contribution < 1.29 is 27.4 Å². The maximum absolute atomic E-state index is 13.0. The maximum atomic E-state index is 13.0. The predicted molar refractivity (Wildman–Crippen MR) is 105 cm³/mol. The van der Waals surface area contributed by atoms with Crippen molar-refractivity contribution in [3.8, 4) is 0 Å². The average molecular weight is 429 g/mol. The lowest BCUT2D eigenvalue weighted by atomic mass is 9.94. The van der Waals surface area contributed by atoms with E-state index in [0.29, 0.717) is 12.8 Å². The Morgan fingerprint density at radius 1 is 1.10 bits per heavy atom. The molecule has 3 atom stereocenters. The molecule has 1 aliphatic carbocycles. The molecule has 1 saturated carbocycles. The number of carbonyl (C=O) groups is 1. The second-order valence-corrected chi connectivity index (χ2v) is 9.56. The molecule has 1 amide bonds. The monoisotopic (exact) mass is 428 g/mol. The molecule has 1 heterocycles. The van der Waals surface area contributed by atoms with Gasteiger partial charge in [-0.3, -0.25) is 4.79 Å². The van der Waals surface area contributed by atoms with Gasteiger partial charge >= 0.3 is 0 Å². The van der Waals surface area contributed by atoms with Crippen LogP contribution >= 0.6 is 0 Å². The van der Waals surface area contributed by atoms with Crippen LogP contribution in [0.5, 0.6) is 0 Å². The SMILES string of the molecule is O=C(C[C@H]1CC[C@H](NS(=O)(=O)c2ccc(F)cc2)[C@H](CO)O1)NC1CCCCC1. The molecule has 1 aromatic rings. The Kier molecular flexibility index (Phi) is 7.61. The quantitative estimate of drug-likeness (QED) is 0.615. The van der Waals surface area contributed by atoms with E-state index < -0.39 is 28.0 Å². The zero-order valence-corrected chi connectivity index (χ0v) is 17.2. The number of carbonyl (C=O) groups excluding carboxylic acids is 1. The first kappa shape index (κ1) is 22.1. The first-order chi connectivity index (χ1) is 13.9. The first-order valence-corrected chi connectivity index (χ1v) is 11.7. The Morgan fingerprint density at radius 3 is 2.45 bits per heavy atom. The number of hydrogen-bond donors (Lipinski definition) is 3. The van der Waals surface area contributed by atoms with Crippen LogP contribution in [0.1, 0.15) is 51.4 Å². The molecule has 29 heavy (non-hydrogen) atoms. The summed E-state index contributed by atoms with van der Waals surface area (Å²) in [6, 6.07) is 4.14. The van der Waals surface area contributed by atoms with Gasteiger partial charge in [0.25, 0.3) is 0 Å². The summed E-state index contributed by atoms with van der Waals surface area (Å²) in [7, 11) is -3.87. The topological polar surface area (TPSA) is 105 Å². The van der Waals surface area contributed by atoms with Crippen molar-refractivity contribution in [2.24, 2.45) is 0 Å². The van der Waals surface area contributed by atoms with Gasteiger partial charge in [-0.1, -0.05) is 19.3 Å². The van der Waals surface area contributed by atoms with E-state index in [0.717, 1.165) is 37.8 Å². The van der Waals surface area contributed by atoms with E-state index >= 15 is 0 Å². The third-order valence-corrected chi connectivity index (χ3v) is 7.12. The van der Waals surface area contributed by atoms with E-state index in [1.165, 1.54) is 18.6 Å². The van der Waals surface area contributed by atoms with Crippen molar-refractivity contribution in [1.82, 2.24) is 10.0 Å². The highest BCUT2D eigenvalue weighted by Crippen LogP contribution is 2.24. The lowest BCUT2D eigenvalue weighted by Crippen LogP contribution is -2.51. The molecule has 1 aromatic carbocycles. The summed E-state index contributed by atoms with van der Waals surface area (Å²) in [6.07, 6.45) is 5.52. The van der Waals surface area contributed by atoms with Crippen LogP contribution in [-0.4, -0.2) is 50.3 Å². The average Bonchev–Trinajstić information content (AvgIpc) is 2.70. The number of rotatable bonds is 7. The van der Waals surface area contributed by atoms with Gasteiger partial charge in [-0.15, -0.1) is 0 Å². The highest BCUT2D eigenvalue weighted by Gasteiger charge is 2.35. The van der Waals surface area contributed by atoms with Gasteiger partial charge in [-0.2, -0.15) is 0 Å². The molecule has 2 fully saturated rings. The molecule has 3 N–H and O–H groups in total. The van der Waals surface area contributed by atoms with Crippen molar-refractivity contribution >= 4 is 15.9 Å². The lowest BCUT2D eigenvalue weighted by molar-refractivity contribution is -0.131. The van der Waals surface area contributed by atoms with Gasteiger partial charge in [-0.25, -0.2) is 17.5 Å².